The summed E-state index contributed by atoms with van der Waals surface area (Å²) in [7, 11) is 0. The Labute approximate surface area is 104 Å². The van der Waals surface area contributed by atoms with E-state index in [1.165, 1.54) is 32.4 Å². The predicted molar refractivity (Wildman–Crippen MR) is 70.9 cm³/mol. The number of piperidine rings is 1. The van der Waals surface area contributed by atoms with E-state index in [2.05, 4.69) is 28.9 Å². The molecule has 0 aromatic heterocycles. The van der Waals surface area contributed by atoms with Gasteiger partial charge in [-0.1, -0.05) is 36.5 Å². The zero-order chi connectivity index (χ0) is 10.3. The highest BCUT2D eigenvalue weighted by molar-refractivity contribution is 5.85. The van der Waals surface area contributed by atoms with E-state index in [0.29, 0.717) is 0 Å². The van der Waals surface area contributed by atoms with Crippen LogP contribution in [-0.4, -0.2) is 24.5 Å². The van der Waals surface area contributed by atoms with Crippen molar-refractivity contribution in [2.24, 2.45) is 0 Å². The standard InChI is InChI=1S/C14H17N.ClH/c1-3-8-14(9-4-1)10-7-13-15-11-5-2-6-12-15;/h1,3-4,8-9H,2,5-6,11-13H2;1H. The zero-order valence-corrected chi connectivity index (χ0v) is 10.3. The fourth-order valence-corrected chi connectivity index (χ4v) is 1.89. The smallest absolute Gasteiger partial charge is 0.0605 e. The van der Waals surface area contributed by atoms with E-state index >= 15 is 0 Å². The minimum Gasteiger partial charge on any atom is -0.292 e. The fourth-order valence-electron chi connectivity index (χ4n) is 1.89. The van der Waals surface area contributed by atoms with Crippen molar-refractivity contribution in [2.75, 3.05) is 19.6 Å². The highest BCUT2D eigenvalue weighted by Crippen LogP contribution is 2.07. The summed E-state index contributed by atoms with van der Waals surface area (Å²) in [5, 5.41) is 0. The average Bonchev–Trinajstić information content (AvgIpc) is 2.32. The van der Waals surface area contributed by atoms with Crippen LogP contribution in [0.2, 0.25) is 0 Å². The minimum atomic E-state index is 0. The molecule has 0 saturated carbocycles. The van der Waals surface area contributed by atoms with Gasteiger partial charge < -0.3 is 0 Å². The van der Waals surface area contributed by atoms with Crippen LogP contribution in [-0.2, 0) is 0 Å². The lowest BCUT2D eigenvalue weighted by atomic mass is 10.1. The van der Waals surface area contributed by atoms with E-state index in [-0.39, 0.29) is 12.4 Å². The second kappa shape index (κ2) is 7.33. The number of hydrogen-bond donors (Lipinski definition) is 0. The van der Waals surface area contributed by atoms with Crippen LogP contribution in [0.3, 0.4) is 0 Å². The van der Waals surface area contributed by atoms with Gasteiger partial charge in [0.2, 0.25) is 0 Å². The first-order valence-electron chi connectivity index (χ1n) is 5.71. The number of halogens is 1. The summed E-state index contributed by atoms with van der Waals surface area (Å²) in [4.78, 5) is 2.44. The first-order valence-corrected chi connectivity index (χ1v) is 5.71. The molecule has 1 aliphatic heterocycles. The largest absolute Gasteiger partial charge is 0.292 e. The van der Waals surface area contributed by atoms with Crippen molar-refractivity contribution < 1.29 is 0 Å². The Kier molecular flexibility index (Phi) is 6.00. The van der Waals surface area contributed by atoms with E-state index < -0.39 is 0 Å². The van der Waals surface area contributed by atoms with Gasteiger partial charge in [-0.05, 0) is 38.1 Å². The highest BCUT2D eigenvalue weighted by Gasteiger charge is 2.07. The Morgan fingerprint density at radius 3 is 2.38 bits per heavy atom. The third kappa shape index (κ3) is 4.26. The van der Waals surface area contributed by atoms with Gasteiger partial charge in [0.25, 0.3) is 0 Å². The zero-order valence-electron chi connectivity index (χ0n) is 9.48. The normalized spacial score (nSPS) is 15.8. The predicted octanol–water partition coefficient (Wildman–Crippen LogP) is 2.95. The molecule has 0 unspecified atom stereocenters. The van der Waals surface area contributed by atoms with Gasteiger partial charge >= 0.3 is 0 Å². The topological polar surface area (TPSA) is 3.24 Å². The molecule has 2 rings (SSSR count). The second-order valence-corrected chi connectivity index (χ2v) is 4.00. The third-order valence-corrected chi connectivity index (χ3v) is 2.76. The van der Waals surface area contributed by atoms with Crippen molar-refractivity contribution in [3.05, 3.63) is 35.9 Å². The van der Waals surface area contributed by atoms with Crippen molar-refractivity contribution in [2.45, 2.75) is 19.3 Å². The van der Waals surface area contributed by atoms with Crippen molar-refractivity contribution in [1.29, 1.82) is 0 Å². The summed E-state index contributed by atoms with van der Waals surface area (Å²) in [5.41, 5.74) is 1.12. The molecule has 1 fully saturated rings. The van der Waals surface area contributed by atoms with Crippen molar-refractivity contribution in [1.82, 2.24) is 4.90 Å². The minimum absolute atomic E-state index is 0. The molecule has 0 atom stereocenters. The summed E-state index contributed by atoms with van der Waals surface area (Å²) in [5.74, 6) is 6.45. The molecule has 16 heavy (non-hydrogen) atoms. The highest BCUT2D eigenvalue weighted by atomic mass is 35.5. The first-order chi connectivity index (χ1) is 7.45. The van der Waals surface area contributed by atoms with Crippen LogP contribution in [0.4, 0.5) is 0 Å². The lowest BCUT2D eigenvalue weighted by molar-refractivity contribution is 0.255. The van der Waals surface area contributed by atoms with Gasteiger partial charge in [-0.2, -0.15) is 0 Å². The molecule has 0 aliphatic carbocycles. The molecule has 1 aromatic carbocycles. The van der Waals surface area contributed by atoms with Crippen LogP contribution in [0.25, 0.3) is 0 Å². The van der Waals surface area contributed by atoms with Gasteiger partial charge in [0.05, 0.1) is 6.54 Å². The van der Waals surface area contributed by atoms with Gasteiger partial charge in [-0.3, -0.25) is 4.90 Å². The van der Waals surface area contributed by atoms with Gasteiger partial charge in [0.15, 0.2) is 0 Å². The van der Waals surface area contributed by atoms with Crippen molar-refractivity contribution in [3.63, 3.8) is 0 Å². The molecule has 1 aliphatic rings. The van der Waals surface area contributed by atoms with E-state index in [9.17, 15) is 0 Å². The fraction of sp³-hybridized carbons (Fsp3) is 0.429. The number of nitrogens with zero attached hydrogens (tertiary/aromatic N) is 1. The Bertz CT molecular complexity index is 344. The number of hydrogen-bond acceptors (Lipinski definition) is 1. The third-order valence-electron chi connectivity index (χ3n) is 2.76. The van der Waals surface area contributed by atoms with Crippen LogP contribution < -0.4 is 0 Å². The molecule has 86 valence electrons. The Morgan fingerprint density at radius 2 is 1.69 bits per heavy atom. The van der Waals surface area contributed by atoms with E-state index in [1.807, 2.05) is 18.2 Å². The van der Waals surface area contributed by atoms with Gasteiger partial charge in [0, 0.05) is 5.56 Å². The molecule has 0 amide bonds. The molecule has 1 aromatic rings. The Hall–Kier alpha value is -0.970. The monoisotopic (exact) mass is 235 g/mol. The molecule has 1 heterocycles. The maximum Gasteiger partial charge on any atom is 0.0605 e. The van der Waals surface area contributed by atoms with Gasteiger partial charge in [-0.15, -0.1) is 12.4 Å². The van der Waals surface area contributed by atoms with Crippen molar-refractivity contribution >= 4 is 12.4 Å². The SMILES string of the molecule is C(#Cc1ccccc1)CN1CCCCC1.Cl. The lowest BCUT2D eigenvalue weighted by Gasteiger charge is -2.23. The van der Waals surface area contributed by atoms with E-state index in [1.54, 1.807) is 0 Å². The molecule has 0 radical (unpaired) electrons. The van der Waals surface area contributed by atoms with Crippen LogP contribution in [0, 0.1) is 11.8 Å². The number of rotatable bonds is 1. The second-order valence-electron chi connectivity index (χ2n) is 4.00. The number of benzene rings is 1. The van der Waals surface area contributed by atoms with Crippen LogP contribution in [0.1, 0.15) is 24.8 Å². The van der Waals surface area contributed by atoms with Gasteiger partial charge in [0.1, 0.15) is 0 Å². The Balaban J connectivity index is 0.00000128. The molecular formula is C14H18ClN. The summed E-state index contributed by atoms with van der Waals surface area (Å²) in [6.07, 6.45) is 4.07. The molecule has 2 heteroatoms. The van der Waals surface area contributed by atoms with Crippen LogP contribution >= 0.6 is 12.4 Å². The summed E-state index contributed by atoms with van der Waals surface area (Å²) >= 11 is 0. The molecular weight excluding hydrogens is 218 g/mol. The Morgan fingerprint density at radius 1 is 1.00 bits per heavy atom. The van der Waals surface area contributed by atoms with Crippen LogP contribution in [0.5, 0.6) is 0 Å². The molecule has 1 saturated heterocycles. The molecule has 0 N–H and O–H groups in total. The molecule has 0 spiro atoms. The van der Waals surface area contributed by atoms with Gasteiger partial charge in [-0.25, -0.2) is 0 Å². The maximum absolute atomic E-state index is 3.25. The number of likely N-dealkylation sites (tertiary alicyclic amines) is 1. The average molecular weight is 236 g/mol. The summed E-state index contributed by atoms with van der Waals surface area (Å²) in [6.45, 7) is 3.38. The maximum atomic E-state index is 3.25. The first kappa shape index (κ1) is 13.1. The molecule has 0 bridgehead atoms. The van der Waals surface area contributed by atoms with E-state index in [0.717, 1.165) is 12.1 Å². The van der Waals surface area contributed by atoms with Crippen LogP contribution in [0.15, 0.2) is 30.3 Å². The van der Waals surface area contributed by atoms with Crippen molar-refractivity contribution in [3.8, 4) is 11.8 Å². The summed E-state index contributed by atoms with van der Waals surface area (Å²) in [6, 6.07) is 10.2. The summed E-state index contributed by atoms with van der Waals surface area (Å²) < 4.78 is 0. The lowest BCUT2D eigenvalue weighted by Crippen LogP contribution is -2.29. The quantitative estimate of drug-likeness (QED) is 0.677. The molecule has 1 nitrogen and oxygen atoms in total. The van der Waals surface area contributed by atoms with E-state index in [4.69, 9.17) is 0 Å².